The molecule has 102 valence electrons. The standard InChI is InChI=1S/C14H18N2S3/c1-17-9-11-4-6-16(7-5-11)19-12-2-3-13-14(8-12)18-10-15-13/h2-3,8,10-11H,4-7,9H2,1H3. The van der Waals surface area contributed by atoms with E-state index in [1.807, 2.05) is 29.2 Å². The average Bonchev–Trinajstić information content (AvgIpc) is 2.89. The molecule has 2 heterocycles. The van der Waals surface area contributed by atoms with Crippen LogP contribution in [0.1, 0.15) is 12.8 Å². The van der Waals surface area contributed by atoms with Crippen molar-refractivity contribution in [3.63, 3.8) is 0 Å². The van der Waals surface area contributed by atoms with Crippen molar-refractivity contribution in [3.8, 4) is 0 Å². The van der Waals surface area contributed by atoms with Gasteiger partial charge in [-0.15, -0.1) is 11.3 Å². The van der Waals surface area contributed by atoms with Gasteiger partial charge in [0.1, 0.15) is 0 Å². The maximum Gasteiger partial charge on any atom is 0.0812 e. The van der Waals surface area contributed by atoms with Gasteiger partial charge in [-0.25, -0.2) is 9.29 Å². The van der Waals surface area contributed by atoms with Crippen molar-refractivity contribution in [1.82, 2.24) is 9.29 Å². The maximum absolute atomic E-state index is 4.33. The molecule has 0 radical (unpaired) electrons. The number of aromatic nitrogens is 1. The summed E-state index contributed by atoms with van der Waals surface area (Å²) in [6.07, 6.45) is 4.90. The van der Waals surface area contributed by atoms with Gasteiger partial charge in [-0.05, 0) is 60.9 Å². The zero-order valence-corrected chi connectivity index (χ0v) is 13.5. The first-order valence-electron chi connectivity index (χ1n) is 6.60. The summed E-state index contributed by atoms with van der Waals surface area (Å²) in [5.74, 6) is 2.25. The fourth-order valence-corrected chi connectivity index (χ4v) is 5.03. The molecule has 0 aliphatic carbocycles. The molecule has 2 aromatic rings. The smallest absolute Gasteiger partial charge is 0.0812 e. The molecule has 3 rings (SSSR count). The first-order chi connectivity index (χ1) is 9.35. The number of benzene rings is 1. The minimum absolute atomic E-state index is 0.927. The van der Waals surface area contributed by atoms with E-state index in [0.29, 0.717) is 0 Å². The second-order valence-corrected chi connectivity index (χ2v) is 7.87. The lowest BCUT2D eigenvalue weighted by Crippen LogP contribution is -2.29. The van der Waals surface area contributed by atoms with Crippen molar-refractivity contribution in [1.29, 1.82) is 0 Å². The number of nitrogens with zero attached hydrogens (tertiary/aromatic N) is 2. The van der Waals surface area contributed by atoms with Crippen LogP contribution in [-0.2, 0) is 0 Å². The third-order valence-electron chi connectivity index (χ3n) is 3.51. The number of piperidine rings is 1. The van der Waals surface area contributed by atoms with Crippen LogP contribution in [0.15, 0.2) is 28.6 Å². The van der Waals surface area contributed by atoms with Crippen LogP contribution in [0.2, 0.25) is 0 Å². The molecule has 0 unspecified atom stereocenters. The highest BCUT2D eigenvalue weighted by Gasteiger charge is 2.19. The van der Waals surface area contributed by atoms with Gasteiger partial charge in [-0.2, -0.15) is 11.8 Å². The van der Waals surface area contributed by atoms with E-state index in [1.54, 1.807) is 11.3 Å². The molecular formula is C14H18N2S3. The molecule has 1 aromatic carbocycles. The Morgan fingerprint density at radius 2 is 2.21 bits per heavy atom. The van der Waals surface area contributed by atoms with Crippen LogP contribution in [0, 0.1) is 5.92 Å². The largest absolute Gasteiger partial charge is 0.246 e. The number of fused-ring (bicyclic) bond motifs is 1. The van der Waals surface area contributed by atoms with Gasteiger partial charge in [-0.1, -0.05) is 0 Å². The molecule has 1 fully saturated rings. The number of thiazole rings is 1. The quantitative estimate of drug-likeness (QED) is 0.779. The van der Waals surface area contributed by atoms with Crippen molar-refractivity contribution in [3.05, 3.63) is 23.7 Å². The Bertz CT molecular complexity index is 532. The fraction of sp³-hybridized carbons (Fsp3) is 0.500. The van der Waals surface area contributed by atoms with Crippen LogP contribution in [0.25, 0.3) is 10.2 Å². The Kier molecular flexibility index (Phi) is 4.69. The van der Waals surface area contributed by atoms with Gasteiger partial charge in [0.2, 0.25) is 0 Å². The second kappa shape index (κ2) is 6.48. The van der Waals surface area contributed by atoms with Crippen LogP contribution in [0.3, 0.4) is 0 Å². The lowest BCUT2D eigenvalue weighted by molar-refractivity contribution is 0.312. The fourth-order valence-electron chi connectivity index (χ4n) is 2.44. The number of thioether (sulfide) groups is 1. The minimum Gasteiger partial charge on any atom is -0.246 e. The molecule has 0 saturated carbocycles. The van der Waals surface area contributed by atoms with Crippen LogP contribution in [-0.4, -0.2) is 34.4 Å². The molecule has 1 aliphatic rings. The van der Waals surface area contributed by atoms with E-state index in [0.717, 1.165) is 11.4 Å². The SMILES string of the molecule is CSCC1CCN(Sc2ccc3ncsc3c2)CC1. The Labute approximate surface area is 127 Å². The molecule has 19 heavy (non-hydrogen) atoms. The summed E-state index contributed by atoms with van der Waals surface area (Å²) >= 11 is 5.62. The van der Waals surface area contributed by atoms with Gasteiger partial charge in [-0.3, -0.25) is 0 Å². The van der Waals surface area contributed by atoms with Crippen molar-refractivity contribution >= 4 is 45.3 Å². The van der Waals surface area contributed by atoms with Gasteiger partial charge < -0.3 is 0 Å². The summed E-state index contributed by atoms with van der Waals surface area (Å²) in [4.78, 5) is 5.68. The molecule has 1 aromatic heterocycles. The minimum atomic E-state index is 0.927. The monoisotopic (exact) mass is 310 g/mol. The molecule has 0 atom stereocenters. The van der Waals surface area contributed by atoms with Crippen molar-refractivity contribution < 1.29 is 0 Å². The molecule has 0 amide bonds. The summed E-state index contributed by atoms with van der Waals surface area (Å²) < 4.78 is 3.81. The zero-order valence-electron chi connectivity index (χ0n) is 11.0. The highest BCUT2D eigenvalue weighted by Crippen LogP contribution is 2.31. The van der Waals surface area contributed by atoms with Crippen molar-refractivity contribution in [2.45, 2.75) is 17.7 Å². The third-order valence-corrected chi connectivity index (χ3v) is 6.20. The summed E-state index contributed by atoms with van der Waals surface area (Å²) in [5.41, 5.74) is 3.04. The van der Waals surface area contributed by atoms with Crippen LogP contribution >= 0.6 is 35.0 Å². The topological polar surface area (TPSA) is 16.1 Å². The van der Waals surface area contributed by atoms with E-state index in [9.17, 15) is 0 Å². The Hall–Kier alpha value is -0.230. The average molecular weight is 311 g/mol. The zero-order chi connectivity index (χ0) is 13.1. The van der Waals surface area contributed by atoms with E-state index in [-0.39, 0.29) is 0 Å². The van der Waals surface area contributed by atoms with E-state index >= 15 is 0 Å². The van der Waals surface area contributed by atoms with Crippen molar-refractivity contribution in [2.24, 2.45) is 5.92 Å². The summed E-state index contributed by atoms with van der Waals surface area (Å²) in [7, 11) is 0. The second-order valence-electron chi connectivity index (χ2n) is 4.90. The Balaban J connectivity index is 1.59. The molecular weight excluding hydrogens is 292 g/mol. The van der Waals surface area contributed by atoms with Gasteiger partial charge in [0.05, 0.1) is 15.7 Å². The number of rotatable bonds is 4. The van der Waals surface area contributed by atoms with Gasteiger partial charge >= 0.3 is 0 Å². The van der Waals surface area contributed by atoms with E-state index < -0.39 is 0 Å². The van der Waals surface area contributed by atoms with Gasteiger partial charge in [0, 0.05) is 18.0 Å². The van der Waals surface area contributed by atoms with E-state index in [1.165, 1.54) is 41.3 Å². The van der Waals surface area contributed by atoms with Crippen LogP contribution in [0.5, 0.6) is 0 Å². The summed E-state index contributed by atoms with van der Waals surface area (Å²) in [5, 5.41) is 0. The molecule has 0 N–H and O–H groups in total. The maximum atomic E-state index is 4.33. The molecule has 0 bridgehead atoms. The van der Waals surface area contributed by atoms with E-state index in [4.69, 9.17) is 0 Å². The highest BCUT2D eigenvalue weighted by molar-refractivity contribution is 7.98. The molecule has 1 aliphatic heterocycles. The molecule has 1 saturated heterocycles. The normalized spacial score (nSPS) is 18.2. The summed E-state index contributed by atoms with van der Waals surface area (Å²) in [6.45, 7) is 2.44. The third kappa shape index (κ3) is 3.45. The molecule has 2 nitrogen and oxygen atoms in total. The first kappa shape index (κ1) is 13.7. The van der Waals surface area contributed by atoms with Crippen LogP contribution in [0.4, 0.5) is 0 Å². The van der Waals surface area contributed by atoms with Crippen LogP contribution < -0.4 is 0 Å². The lowest BCUT2D eigenvalue weighted by atomic mass is 10.0. The lowest BCUT2D eigenvalue weighted by Gasteiger charge is -2.30. The van der Waals surface area contributed by atoms with Gasteiger partial charge in [0.15, 0.2) is 0 Å². The highest BCUT2D eigenvalue weighted by atomic mass is 32.2. The Morgan fingerprint density at radius 1 is 1.37 bits per heavy atom. The summed E-state index contributed by atoms with van der Waals surface area (Å²) in [6, 6.07) is 6.60. The molecule has 5 heteroatoms. The van der Waals surface area contributed by atoms with E-state index in [2.05, 4.69) is 33.7 Å². The Morgan fingerprint density at radius 3 is 3.00 bits per heavy atom. The number of hydrogen-bond acceptors (Lipinski definition) is 5. The predicted octanol–water partition coefficient (Wildman–Crippen LogP) is 4.38. The predicted molar refractivity (Wildman–Crippen MR) is 88.2 cm³/mol. The number of hydrogen-bond donors (Lipinski definition) is 0. The van der Waals surface area contributed by atoms with Gasteiger partial charge in [0.25, 0.3) is 0 Å². The first-order valence-corrected chi connectivity index (χ1v) is 9.65. The molecule has 0 spiro atoms. The van der Waals surface area contributed by atoms with Crippen molar-refractivity contribution in [2.75, 3.05) is 25.1 Å².